The standard InChI is InChI=1S/C21H28F2N4O5/c1-12(2)27(14-5-4-7-25(11-14)20(30)31)18(28)15-10-16-17(9-13(15)3)32-21(22,23)19(29)26(16)8-6-24/h9-10,12,14H,4-8,11,24H2,1-3H3,(H,30,31). The van der Waals surface area contributed by atoms with Crippen LogP contribution in [0.5, 0.6) is 5.75 Å². The van der Waals surface area contributed by atoms with E-state index < -0.39 is 18.1 Å². The largest absolute Gasteiger partial charge is 0.482 e. The van der Waals surface area contributed by atoms with Crippen molar-refractivity contribution in [1.29, 1.82) is 0 Å². The number of anilines is 1. The lowest BCUT2D eigenvalue weighted by Gasteiger charge is -2.41. The number of halogens is 2. The average Bonchev–Trinajstić information content (AvgIpc) is 2.71. The Labute approximate surface area is 184 Å². The maximum atomic E-state index is 14.0. The highest BCUT2D eigenvalue weighted by molar-refractivity contribution is 6.04. The number of alkyl halides is 2. The van der Waals surface area contributed by atoms with E-state index in [1.807, 2.05) is 13.8 Å². The topological polar surface area (TPSA) is 116 Å². The molecule has 2 aliphatic rings. The molecular formula is C21H28F2N4O5. The monoisotopic (exact) mass is 454 g/mol. The fourth-order valence-corrected chi connectivity index (χ4v) is 4.31. The number of hydrogen-bond acceptors (Lipinski definition) is 5. The van der Waals surface area contributed by atoms with Gasteiger partial charge in [0.05, 0.1) is 11.7 Å². The van der Waals surface area contributed by atoms with Gasteiger partial charge in [0.1, 0.15) is 0 Å². The zero-order valence-electron chi connectivity index (χ0n) is 18.3. The first kappa shape index (κ1) is 23.7. The van der Waals surface area contributed by atoms with E-state index in [9.17, 15) is 28.3 Å². The van der Waals surface area contributed by atoms with E-state index in [1.54, 1.807) is 11.8 Å². The van der Waals surface area contributed by atoms with E-state index in [0.717, 1.165) is 4.90 Å². The lowest BCUT2D eigenvalue weighted by molar-refractivity contribution is -0.192. The average molecular weight is 454 g/mol. The van der Waals surface area contributed by atoms with Crippen molar-refractivity contribution in [3.05, 3.63) is 23.3 Å². The predicted molar refractivity (Wildman–Crippen MR) is 112 cm³/mol. The Morgan fingerprint density at radius 2 is 2.06 bits per heavy atom. The van der Waals surface area contributed by atoms with Crippen LogP contribution >= 0.6 is 0 Å². The van der Waals surface area contributed by atoms with Crippen LogP contribution in [0.4, 0.5) is 19.3 Å². The number of likely N-dealkylation sites (tertiary alicyclic amines) is 1. The summed E-state index contributed by atoms with van der Waals surface area (Å²) in [5.74, 6) is -2.11. The predicted octanol–water partition coefficient (Wildman–Crippen LogP) is 2.26. The van der Waals surface area contributed by atoms with Crippen LogP contribution in [0.3, 0.4) is 0 Å². The van der Waals surface area contributed by atoms with Crippen LogP contribution in [0, 0.1) is 6.92 Å². The minimum atomic E-state index is -4.02. The zero-order chi connectivity index (χ0) is 23.8. The summed E-state index contributed by atoms with van der Waals surface area (Å²) in [5, 5.41) is 9.36. The number of aryl methyl sites for hydroxylation is 1. The number of carbonyl (C=O) groups is 3. The highest BCUT2D eigenvalue weighted by atomic mass is 19.3. The van der Waals surface area contributed by atoms with Gasteiger partial charge in [-0.05, 0) is 51.3 Å². The molecular weight excluding hydrogens is 426 g/mol. The SMILES string of the molecule is Cc1cc2c(cc1C(=O)N(C(C)C)C1CCCN(C(=O)O)C1)N(CCN)C(=O)C(F)(F)O2. The molecule has 32 heavy (non-hydrogen) atoms. The van der Waals surface area contributed by atoms with Gasteiger partial charge in [0.25, 0.3) is 5.91 Å². The summed E-state index contributed by atoms with van der Waals surface area (Å²) >= 11 is 0. The number of fused-ring (bicyclic) bond motifs is 1. The van der Waals surface area contributed by atoms with Crippen molar-refractivity contribution in [1.82, 2.24) is 9.80 Å². The molecule has 0 spiro atoms. The summed E-state index contributed by atoms with van der Waals surface area (Å²) in [7, 11) is 0. The fourth-order valence-electron chi connectivity index (χ4n) is 4.31. The van der Waals surface area contributed by atoms with Gasteiger partial charge in [-0.1, -0.05) is 0 Å². The van der Waals surface area contributed by atoms with Gasteiger partial charge in [0.2, 0.25) is 0 Å². The second-order valence-electron chi connectivity index (χ2n) is 8.33. The third-order valence-electron chi connectivity index (χ3n) is 5.76. The molecule has 0 radical (unpaired) electrons. The fraction of sp³-hybridized carbons (Fsp3) is 0.571. The number of carboxylic acid groups (broad SMARTS) is 1. The molecule has 176 valence electrons. The van der Waals surface area contributed by atoms with Gasteiger partial charge in [0, 0.05) is 37.8 Å². The molecule has 0 bridgehead atoms. The molecule has 3 amide bonds. The molecule has 1 saturated heterocycles. The number of amides is 3. The summed E-state index contributed by atoms with van der Waals surface area (Å²) in [4.78, 5) is 40.9. The van der Waals surface area contributed by atoms with Crippen molar-refractivity contribution in [2.45, 2.75) is 51.8 Å². The molecule has 11 heteroatoms. The van der Waals surface area contributed by atoms with Gasteiger partial charge in [0.15, 0.2) is 5.75 Å². The van der Waals surface area contributed by atoms with Crippen LogP contribution in [-0.4, -0.2) is 77.2 Å². The Hall–Kier alpha value is -2.95. The maximum absolute atomic E-state index is 14.0. The summed E-state index contributed by atoms with van der Waals surface area (Å²) in [5.41, 5.74) is 6.20. The van der Waals surface area contributed by atoms with E-state index in [-0.39, 0.29) is 54.6 Å². The molecule has 1 unspecified atom stereocenters. The number of nitrogens with two attached hydrogens (primary N) is 1. The van der Waals surface area contributed by atoms with E-state index in [4.69, 9.17) is 5.73 Å². The molecule has 1 fully saturated rings. The maximum Gasteiger partial charge on any atom is 0.482 e. The number of rotatable bonds is 5. The Kier molecular flexibility index (Phi) is 6.59. The third-order valence-corrected chi connectivity index (χ3v) is 5.76. The second-order valence-corrected chi connectivity index (χ2v) is 8.33. The van der Waals surface area contributed by atoms with Gasteiger partial charge in [-0.25, -0.2) is 4.79 Å². The number of benzene rings is 1. The number of piperidine rings is 1. The van der Waals surface area contributed by atoms with Gasteiger partial charge in [-0.3, -0.25) is 14.5 Å². The number of hydrogen-bond donors (Lipinski definition) is 2. The van der Waals surface area contributed by atoms with Crippen LogP contribution in [0.2, 0.25) is 0 Å². The first-order chi connectivity index (χ1) is 15.0. The van der Waals surface area contributed by atoms with Crippen molar-refractivity contribution in [3.8, 4) is 5.75 Å². The molecule has 2 aliphatic heterocycles. The minimum absolute atomic E-state index is 0.0520. The van der Waals surface area contributed by atoms with Crippen LogP contribution in [0.25, 0.3) is 0 Å². The van der Waals surface area contributed by atoms with E-state index in [1.165, 1.54) is 17.0 Å². The molecule has 2 heterocycles. The first-order valence-electron chi connectivity index (χ1n) is 10.5. The van der Waals surface area contributed by atoms with Crippen molar-refractivity contribution in [2.24, 2.45) is 5.73 Å². The van der Waals surface area contributed by atoms with Gasteiger partial charge in [-0.2, -0.15) is 8.78 Å². The highest BCUT2D eigenvalue weighted by Crippen LogP contribution is 2.41. The van der Waals surface area contributed by atoms with Crippen LogP contribution in [0.1, 0.15) is 42.6 Å². The number of nitrogens with zero attached hydrogens (tertiary/aromatic N) is 3. The molecule has 9 nitrogen and oxygen atoms in total. The molecule has 3 rings (SSSR count). The van der Waals surface area contributed by atoms with E-state index >= 15 is 0 Å². The number of carbonyl (C=O) groups excluding carboxylic acids is 2. The molecule has 1 aromatic carbocycles. The van der Waals surface area contributed by atoms with E-state index in [0.29, 0.717) is 24.9 Å². The summed E-state index contributed by atoms with van der Waals surface area (Å²) < 4.78 is 32.7. The van der Waals surface area contributed by atoms with Crippen molar-refractivity contribution in [2.75, 3.05) is 31.1 Å². The molecule has 3 N–H and O–H groups in total. The van der Waals surface area contributed by atoms with Gasteiger partial charge in [-0.15, -0.1) is 0 Å². The Morgan fingerprint density at radius 1 is 1.38 bits per heavy atom. The second kappa shape index (κ2) is 8.89. The highest BCUT2D eigenvalue weighted by Gasteiger charge is 2.50. The number of ether oxygens (including phenoxy) is 1. The molecule has 0 saturated carbocycles. The zero-order valence-corrected chi connectivity index (χ0v) is 18.3. The Balaban J connectivity index is 2.00. The molecule has 1 atom stereocenters. The van der Waals surface area contributed by atoms with Crippen LogP contribution in [0.15, 0.2) is 12.1 Å². The molecule has 0 aliphatic carbocycles. The lowest BCUT2D eigenvalue weighted by Crippen LogP contribution is -2.54. The first-order valence-corrected chi connectivity index (χ1v) is 10.5. The van der Waals surface area contributed by atoms with E-state index in [2.05, 4.69) is 4.74 Å². The minimum Gasteiger partial charge on any atom is -0.465 e. The van der Waals surface area contributed by atoms with Crippen molar-refractivity contribution >= 4 is 23.6 Å². The summed E-state index contributed by atoms with van der Waals surface area (Å²) in [6, 6.07) is 2.13. The Bertz CT molecular complexity index is 924. The van der Waals surface area contributed by atoms with Gasteiger partial charge < -0.3 is 25.4 Å². The van der Waals surface area contributed by atoms with Crippen LogP contribution in [-0.2, 0) is 4.79 Å². The lowest BCUT2D eigenvalue weighted by atomic mass is 9.98. The smallest absolute Gasteiger partial charge is 0.465 e. The van der Waals surface area contributed by atoms with Crippen molar-refractivity contribution < 1.29 is 33.0 Å². The summed E-state index contributed by atoms with van der Waals surface area (Å²) in [6.45, 7) is 5.65. The third kappa shape index (κ3) is 4.34. The van der Waals surface area contributed by atoms with Gasteiger partial charge >= 0.3 is 18.1 Å². The van der Waals surface area contributed by atoms with Crippen LogP contribution < -0.4 is 15.4 Å². The molecule has 1 aromatic rings. The normalized spacial score (nSPS) is 20.1. The Morgan fingerprint density at radius 3 is 2.66 bits per heavy atom. The quantitative estimate of drug-likeness (QED) is 0.705. The summed E-state index contributed by atoms with van der Waals surface area (Å²) in [6.07, 6.45) is -3.79. The van der Waals surface area contributed by atoms with Crippen molar-refractivity contribution in [3.63, 3.8) is 0 Å². The molecule has 0 aromatic heterocycles.